The summed E-state index contributed by atoms with van der Waals surface area (Å²) < 4.78 is 7.50. The zero-order chi connectivity index (χ0) is 14.2. The topological polar surface area (TPSA) is 35.2 Å². The molecule has 0 saturated heterocycles. The van der Waals surface area contributed by atoms with Gasteiger partial charge in [-0.1, -0.05) is 12.1 Å². The lowest BCUT2D eigenvalue weighted by atomic mass is 10.00. The van der Waals surface area contributed by atoms with Gasteiger partial charge in [-0.25, -0.2) is 0 Å². The average Bonchev–Trinajstić information content (AvgIpc) is 2.68. The van der Waals surface area contributed by atoms with Crippen molar-refractivity contribution in [3.8, 4) is 5.75 Å². The molecule has 0 aliphatic rings. The van der Waals surface area contributed by atoms with E-state index in [1.54, 1.807) is 18.4 Å². The Morgan fingerprint density at radius 1 is 1.16 bits per heavy atom. The van der Waals surface area contributed by atoms with Gasteiger partial charge in [-0.2, -0.15) is 0 Å². The number of halogens is 2. The molecular weight excluding hydrogens is 390 g/mol. The number of nitrogens with two attached hydrogens (primary N) is 1. The number of hydrogen-bond acceptors (Lipinski definition) is 3. The lowest BCUT2D eigenvalue weighted by Crippen LogP contribution is -2.11. The number of rotatable bonds is 3. The summed E-state index contributed by atoms with van der Waals surface area (Å²) in [5, 5.41) is 0. The predicted octanol–water partition coefficient (Wildman–Crippen LogP) is 4.95. The summed E-state index contributed by atoms with van der Waals surface area (Å²) >= 11 is 8.65. The maximum atomic E-state index is 6.36. The third kappa shape index (κ3) is 3.05. The molecule has 1 aromatic heterocycles. The van der Waals surface area contributed by atoms with Crippen molar-refractivity contribution in [3.63, 3.8) is 0 Å². The Morgan fingerprint density at radius 3 is 2.16 bits per heavy atom. The third-order valence-electron chi connectivity index (χ3n) is 3.02. The van der Waals surface area contributed by atoms with Crippen LogP contribution in [0.15, 0.2) is 26.5 Å². The molecule has 1 unspecified atom stereocenters. The van der Waals surface area contributed by atoms with Gasteiger partial charge >= 0.3 is 0 Å². The highest BCUT2D eigenvalue weighted by molar-refractivity contribution is 9.13. The van der Waals surface area contributed by atoms with Gasteiger partial charge in [0.05, 0.1) is 16.9 Å². The molecule has 0 spiro atoms. The van der Waals surface area contributed by atoms with Crippen LogP contribution in [0.4, 0.5) is 0 Å². The van der Waals surface area contributed by atoms with Gasteiger partial charge in [0, 0.05) is 9.35 Å². The van der Waals surface area contributed by atoms with Crippen molar-refractivity contribution in [3.05, 3.63) is 48.0 Å². The van der Waals surface area contributed by atoms with E-state index in [-0.39, 0.29) is 6.04 Å². The number of aryl methyl sites for hydroxylation is 2. The van der Waals surface area contributed by atoms with E-state index in [0.717, 1.165) is 35.6 Å². The zero-order valence-corrected chi connectivity index (χ0v) is 14.9. The second-order valence-corrected chi connectivity index (χ2v) is 7.69. The van der Waals surface area contributed by atoms with Gasteiger partial charge in [0.2, 0.25) is 0 Å². The summed E-state index contributed by atoms with van der Waals surface area (Å²) in [6, 6.07) is 6.14. The maximum Gasteiger partial charge on any atom is 0.124 e. The summed E-state index contributed by atoms with van der Waals surface area (Å²) in [6.45, 7) is 4.09. The minimum absolute atomic E-state index is 0.115. The minimum Gasteiger partial charge on any atom is -0.496 e. The van der Waals surface area contributed by atoms with Crippen molar-refractivity contribution in [2.24, 2.45) is 5.73 Å². The minimum atomic E-state index is -0.115. The van der Waals surface area contributed by atoms with E-state index >= 15 is 0 Å². The van der Waals surface area contributed by atoms with Gasteiger partial charge in [0.25, 0.3) is 0 Å². The lowest BCUT2D eigenvalue weighted by Gasteiger charge is -2.15. The Hall–Kier alpha value is -0.360. The van der Waals surface area contributed by atoms with E-state index in [1.165, 1.54) is 0 Å². The quantitative estimate of drug-likeness (QED) is 0.785. The Morgan fingerprint density at radius 2 is 1.74 bits per heavy atom. The molecule has 2 N–H and O–H groups in total. The standard InChI is InChI=1S/C14H15Br2NOS/c1-7-4-9(5-8(2)13(7)18-3)12(17)11-6-10(15)14(16)19-11/h4-6,12H,17H2,1-3H3. The second kappa shape index (κ2) is 5.95. The van der Waals surface area contributed by atoms with E-state index in [4.69, 9.17) is 10.5 Å². The van der Waals surface area contributed by atoms with Crippen molar-refractivity contribution in [1.82, 2.24) is 0 Å². The molecule has 1 heterocycles. The second-order valence-electron chi connectivity index (χ2n) is 4.44. The van der Waals surface area contributed by atoms with Crippen molar-refractivity contribution in [2.45, 2.75) is 19.9 Å². The molecule has 0 bridgehead atoms. The lowest BCUT2D eigenvalue weighted by molar-refractivity contribution is 0.408. The highest BCUT2D eigenvalue weighted by atomic mass is 79.9. The van der Waals surface area contributed by atoms with Crippen LogP contribution in [0.25, 0.3) is 0 Å². The monoisotopic (exact) mass is 403 g/mol. The summed E-state index contributed by atoms with van der Waals surface area (Å²) in [4.78, 5) is 1.13. The smallest absolute Gasteiger partial charge is 0.124 e. The summed E-state index contributed by atoms with van der Waals surface area (Å²) in [6.07, 6.45) is 0. The Labute approximate surface area is 134 Å². The molecule has 0 aliphatic carbocycles. The summed E-state index contributed by atoms with van der Waals surface area (Å²) in [7, 11) is 1.70. The molecule has 19 heavy (non-hydrogen) atoms. The normalized spacial score (nSPS) is 12.5. The first kappa shape index (κ1) is 15.0. The van der Waals surface area contributed by atoms with Gasteiger partial charge < -0.3 is 10.5 Å². The van der Waals surface area contributed by atoms with Crippen LogP contribution in [0.1, 0.15) is 27.6 Å². The summed E-state index contributed by atoms with van der Waals surface area (Å²) in [5.74, 6) is 0.935. The van der Waals surface area contributed by atoms with E-state index < -0.39 is 0 Å². The van der Waals surface area contributed by atoms with Gasteiger partial charge in [-0.3, -0.25) is 0 Å². The first-order valence-corrected chi connectivity index (χ1v) is 8.19. The first-order valence-electron chi connectivity index (χ1n) is 5.79. The molecule has 0 saturated carbocycles. The van der Waals surface area contributed by atoms with Crippen molar-refractivity contribution in [1.29, 1.82) is 0 Å². The number of ether oxygens (including phenoxy) is 1. The fourth-order valence-corrected chi connectivity index (χ4v) is 4.29. The molecule has 2 nitrogen and oxygen atoms in total. The Balaban J connectivity index is 2.41. The highest BCUT2D eigenvalue weighted by Gasteiger charge is 2.16. The maximum absolute atomic E-state index is 6.36. The van der Waals surface area contributed by atoms with Crippen molar-refractivity contribution < 1.29 is 4.74 Å². The molecule has 2 rings (SSSR count). The number of thiophene rings is 1. The fraction of sp³-hybridized carbons (Fsp3) is 0.286. The fourth-order valence-electron chi connectivity index (χ4n) is 2.17. The van der Waals surface area contributed by atoms with Crippen LogP contribution in [0.2, 0.25) is 0 Å². The molecule has 0 aliphatic heterocycles. The Kier molecular flexibility index (Phi) is 4.71. The molecule has 1 atom stereocenters. The number of benzene rings is 1. The molecule has 2 aromatic rings. The molecular formula is C14H15Br2NOS. The molecule has 0 amide bonds. The number of hydrogen-bond donors (Lipinski definition) is 1. The van der Waals surface area contributed by atoms with Gasteiger partial charge in [0.1, 0.15) is 5.75 Å². The predicted molar refractivity (Wildman–Crippen MR) is 88.2 cm³/mol. The SMILES string of the molecule is COc1c(C)cc(C(N)c2cc(Br)c(Br)s2)cc1C. The van der Waals surface area contributed by atoms with Crippen molar-refractivity contribution >= 4 is 43.2 Å². The van der Waals surface area contributed by atoms with E-state index in [9.17, 15) is 0 Å². The first-order chi connectivity index (χ1) is 8.93. The van der Waals surface area contributed by atoms with E-state index in [0.29, 0.717) is 0 Å². The van der Waals surface area contributed by atoms with Crippen LogP contribution in [0.5, 0.6) is 5.75 Å². The van der Waals surface area contributed by atoms with E-state index in [1.807, 2.05) is 13.8 Å². The van der Waals surface area contributed by atoms with Crippen LogP contribution in [0, 0.1) is 13.8 Å². The molecule has 102 valence electrons. The van der Waals surface area contributed by atoms with Crippen molar-refractivity contribution in [2.75, 3.05) is 7.11 Å². The van der Waals surface area contributed by atoms with Gasteiger partial charge in [0.15, 0.2) is 0 Å². The zero-order valence-electron chi connectivity index (χ0n) is 11.0. The molecule has 5 heteroatoms. The third-order valence-corrected chi connectivity index (χ3v) is 6.36. The van der Waals surface area contributed by atoms with Gasteiger partial charge in [-0.15, -0.1) is 11.3 Å². The molecule has 1 aromatic carbocycles. The Bertz CT molecular complexity index is 567. The van der Waals surface area contributed by atoms with E-state index in [2.05, 4.69) is 50.1 Å². The molecule has 0 radical (unpaired) electrons. The van der Waals surface area contributed by atoms with Crippen LogP contribution >= 0.6 is 43.2 Å². The van der Waals surface area contributed by atoms with Gasteiger partial charge in [-0.05, 0) is 68.5 Å². The molecule has 0 fully saturated rings. The van der Waals surface area contributed by atoms with Crippen LogP contribution in [-0.4, -0.2) is 7.11 Å². The summed E-state index contributed by atoms with van der Waals surface area (Å²) in [5.41, 5.74) is 9.69. The average molecular weight is 405 g/mol. The van der Waals surface area contributed by atoms with Crippen LogP contribution in [0.3, 0.4) is 0 Å². The van der Waals surface area contributed by atoms with Crippen LogP contribution in [-0.2, 0) is 0 Å². The number of methoxy groups -OCH3 is 1. The largest absolute Gasteiger partial charge is 0.496 e. The van der Waals surface area contributed by atoms with Crippen LogP contribution < -0.4 is 10.5 Å². The highest BCUT2D eigenvalue weighted by Crippen LogP contribution is 2.37.